The lowest BCUT2D eigenvalue weighted by atomic mass is 10.0. The Kier molecular flexibility index (Phi) is 4.36. The van der Waals surface area contributed by atoms with Crippen molar-refractivity contribution < 1.29 is 24.9 Å². The molecule has 0 aliphatic carbocycles. The second-order valence-electron chi connectivity index (χ2n) is 3.44. The van der Waals surface area contributed by atoms with E-state index in [4.69, 9.17) is 0 Å². The number of phenolic OH excluding ortho intramolecular Hbond substituents is 2. The van der Waals surface area contributed by atoms with Gasteiger partial charge in [-0.25, -0.2) is 4.79 Å². The number of aryl methyl sites for hydroxylation is 1. The van der Waals surface area contributed by atoms with Gasteiger partial charge in [0.15, 0.2) is 17.6 Å². The molecule has 17 heavy (non-hydrogen) atoms. The number of aliphatic hydroxyl groups is 1. The van der Waals surface area contributed by atoms with Crippen LogP contribution in [0.25, 0.3) is 0 Å². The van der Waals surface area contributed by atoms with Crippen LogP contribution in [-0.4, -0.2) is 27.9 Å². The molecule has 0 aromatic heterocycles. The lowest BCUT2D eigenvalue weighted by Crippen LogP contribution is -2.17. The van der Waals surface area contributed by atoms with Gasteiger partial charge < -0.3 is 20.1 Å². The molecule has 0 aliphatic rings. The lowest BCUT2D eigenvalue weighted by Gasteiger charge is -2.16. The summed E-state index contributed by atoms with van der Waals surface area (Å²) in [5, 5.41) is 28.7. The number of hydrogen-bond donors (Lipinski definition) is 3. The number of ether oxygens (including phenoxy) is 1. The average Bonchev–Trinajstić information content (AvgIpc) is 2.26. The number of benzene rings is 1. The van der Waals surface area contributed by atoms with Crippen molar-refractivity contribution in [2.45, 2.75) is 20.0 Å². The van der Waals surface area contributed by atoms with Crippen molar-refractivity contribution in [2.75, 3.05) is 6.61 Å². The molecule has 0 aliphatic heterocycles. The number of rotatable bonds is 3. The maximum absolute atomic E-state index is 11.4. The van der Waals surface area contributed by atoms with E-state index in [1.165, 1.54) is 6.07 Å². The molecule has 1 rings (SSSR count). The van der Waals surface area contributed by atoms with Crippen LogP contribution >= 0.6 is 15.9 Å². The zero-order valence-electron chi connectivity index (χ0n) is 9.40. The number of esters is 1. The molecule has 1 unspecified atom stereocenters. The van der Waals surface area contributed by atoms with Crippen LogP contribution in [0.5, 0.6) is 11.5 Å². The monoisotopic (exact) mass is 304 g/mol. The molecule has 0 saturated heterocycles. The van der Waals surface area contributed by atoms with E-state index in [-0.39, 0.29) is 22.4 Å². The molecule has 0 heterocycles. The largest absolute Gasteiger partial charge is 0.504 e. The fourth-order valence-electron chi connectivity index (χ4n) is 1.44. The highest BCUT2D eigenvalue weighted by atomic mass is 79.9. The molecule has 0 saturated carbocycles. The standard InChI is InChI=1S/C11H13BrO5/c1-3-17-11(16)10(15)7-5(2)4-6(13)9(14)8(7)12/h4,10,13-15H,3H2,1-2H3. The topological polar surface area (TPSA) is 87.0 Å². The highest BCUT2D eigenvalue weighted by molar-refractivity contribution is 9.10. The number of carbonyl (C=O) groups is 1. The van der Waals surface area contributed by atoms with Crippen molar-refractivity contribution in [3.8, 4) is 11.5 Å². The second kappa shape index (κ2) is 5.37. The fourth-order valence-corrected chi connectivity index (χ4v) is 2.17. The molecule has 0 fully saturated rings. The summed E-state index contributed by atoms with van der Waals surface area (Å²) in [6.45, 7) is 3.37. The Morgan fingerprint density at radius 1 is 1.53 bits per heavy atom. The second-order valence-corrected chi connectivity index (χ2v) is 4.24. The van der Waals surface area contributed by atoms with Gasteiger partial charge in [-0.3, -0.25) is 0 Å². The van der Waals surface area contributed by atoms with Gasteiger partial charge in [0.1, 0.15) is 0 Å². The van der Waals surface area contributed by atoms with Crippen LogP contribution in [0.4, 0.5) is 0 Å². The first-order valence-electron chi connectivity index (χ1n) is 4.95. The molecule has 1 atom stereocenters. The Labute approximate surface area is 107 Å². The maximum Gasteiger partial charge on any atom is 0.339 e. The van der Waals surface area contributed by atoms with Gasteiger partial charge in [0, 0.05) is 5.56 Å². The van der Waals surface area contributed by atoms with Gasteiger partial charge in [0.2, 0.25) is 0 Å². The van der Waals surface area contributed by atoms with Gasteiger partial charge >= 0.3 is 5.97 Å². The third kappa shape index (κ3) is 2.70. The van der Waals surface area contributed by atoms with Crippen molar-refractivity contribution in [2.24, 2.45) is 0 Å². The Morgan fingerprint density at radius 3 is 2.65 bits per heavy atom. The molecule has 6 heteroatoms. The average molecular weight is 305 g/mol. The van der Waals surface area contributed by atoms with Gasteiger partial charge in [-0.15, -0.1) is 0 Å². The summed E-state index contributed by atoms with van der Waals surface area (Å²) in [5.41, 5.74) is 0.645. The van der Waals surface area contributed by atoms with E-state index in [2.05, 4.69) is 20.7 Å². The predicted molar refractivity (Wildman–Crippen MR) is 63.8 cm³/mol. The van der Waals surface area contributed by atoms with Crippen LogP contribution in [0.3, 0.4) is 0 Å². The van der Waals surface area contributed by atoms with Crippen LogP contribution in [-0.2, 0) is 9.53 Å². The highest BCUT2D eigenvalue weighted by Gasteiger charge is 2.26. The van der Waals surface area contributed by atoms with Crippen molar-refractivity contribution >= 4 is 21.9 Å². The molecule has 0 amide bonds. The first kappa shape index (κ1) is 13.8. The lowest BCUT2D eigenvalue weighted by molar-refractivity contribution is -0.153. The molecular formula is C11H13BrO5. The summed E-state index contributed by atoms with van der Waals surface area (Å²) < 4.78 is 4.76. The summed E-state index contributed by atoms with van der Waals surface area (Å²) in [5.74, 6) is -1.55. The predicted octanol–water partition coefficient (Wildman–Crippen LogP) is 1.77. The molecule has 1 aromatic carbocycles. The van der Waals surface area contributed by atoms with E-state index in [1.54, 1.807) is 13.8 Å². The van der Waals surface area contributed by atoms with E-state index in [9.17, 15) is 20.1 Å². The number of aliphatic hydroxyl groups excluding tert-OH is 1. The first-order chi connectivity index (χ1) is 7.90. The number of halogens is 1. The Bertz CT molecular complexity index is 444. The number of aromatic hydroxyl groups is 2. The van der Waals surface area contributed by atoms with Gasteiger partial charge in [-0.1, -0.05) is 0 Å². The molecule has 1 aromatic rings. The summed E-state index contributed by atoms with van der Waals surface area (Å²) in [6.07, 6.45) is -1.50. The minimum atomic E-state index is -1.50. The molecular weight excluding hydrogens is 292 g/mol. The van der Waals surface area contributed by atoms with Crippen molar-refractivity contribution in [1.29, 1.82) is 0 Å². The van der Waals surface area contributed by atoms with E-state index in [0.29, 0.717) is 5.56 Å². The van der Waals surface area contributed by atoms with Crippen LogP contribution in [0.2, 0.25) is 0 Å². The Balaban J connectivity index is 3.22. The summed E-state index contributed by atoms with van der Waals surface area (Å²) >= 11 is 3.02. The number of phenols is 2. The van der Waals surface area contributed by atoms with Gasteiger partial charge in [-0.05, 0) is 41.4 Å². The van der Waals surface area contributed by atoms with E-state index in [1.807, 2.05) is 0 Å². The Hall–Kier alpha value is -1.27. The fraction of sp³-hybridized carbons (Fsp3) is 0.364. The summed E-state index contributed by atoms with van der Waals surface area (Å²) in [6, 6.07) is 1.26. The zero-order chi connectivity index (χ0) is 13.2. The van der Waals surface area contributed by atoms with E-state index in [0.717, 1.165) is 0 Å². The molecule has 94 valence electrons. The van der Waals surface area contributed by atoms with Crippen molar-refractivity contribution in [1.82, 2.24) is 0 Å². The quantitative estimate of drug-likeness (QED) is 0.585. The van der Waals surface area contributed by atoms with Crippen LogP contribution in [0.15, 0.2) is 10.5 Å². The molecule has 5 nitrogen and oxygen atoms in total. The highest BCUT2D eigenvalue weighted by Crippen LogP contribution is 2.40. The smallest absolute Gasteiger partial charge is 0.339 e. The van der Waals surface area contributed by atoms with E-state index >= 15 is 0 Å². The molecule has 0 bridgehead atoms. The van der Waals surface area contributed by atoms with Crippen LogP contribution < -0.4 is 0 Å². The zero-order valence-corrected chi connectivity index (χ0v) is 11.0. The van der Waals surface area contributed by atoms with Crippen molar-refractivity contribution in [3.63, 3.8) is 0 Å². The van der Waals surface area contributed by atoms with Gasteiger partial charge in [0.05, 0.1) is 11.1 Å². The Morgan fingerprint density at radius 2 is 2.12 bits per heavy atom. The normalized spacial score (nSPS) is 12.2. The molecule has 3 N–H and O–H groups in total. The minimum Gasteiger partial charge on any atom is -0.504 e. The van der Waals surface area contributed by atoms with Crippen LogP contribution in [0.1, 0.15) is 24.2 Å². The summed E-state index contributed by atoms with van der Waals surface area (Å²) in [7, 11) is 0. The van der Waals surface area contributed by atoms with Crippen LogP contribution in [0, 0.1) is 6.92 Å². The maximum atomic E-state index is 11.4. The third-order valence-corrected chi connectivity index (χ3v) is 3.05. The number of hydrogen-bond acceptors (Lipinski definition) is 5. The molecule has 0 radical (unpaired) electrons. The SMILES string of the molecule is CCOC(=O)C(O)c1c(C)cc(O)c(O)c1Br. The number of carbonyl (C=O) groups excluding carboxylic acids is 1. The summed E-state index contributed by atoms with van der Waals surface area (Å²) in [4.78, 5) is 11.4. The minimum absolute atomic E-state index is 0.0792. The molecule has 0 spiro atoms. The van der Waals surface area contributed by atoms with E-state index < -0.39 is 17.8 Å². The van der Waals surface area contributed by atoms with Gasteiger partial charge in [-0.2, -0.15) is 0 Å². The first-order valence-corrected chi connectivity index (χ1v) is 5.75. The third-order valence-electron chi connectivity index (χ3n) is 2.25. The van der Waals surface area contributed by atoms with Gasteiger partial charge in [0.25, 0.3) is 0 Å². The van der Waals surface area contributed by atoms with Crippen molar-refractivity contribution in [3.05, 3.63) is 21.7 Å².